The number of nitrogens with zero attached hydrogens (tertiary/aromatic N) is 1. The Kier molecular flexibility index (Phi) is 3.57. The van der Waals surface area contributed by atoms with E-state index < -0.39 is 0 Å². The molecule has 1 aliphatic rings. The summed E-state index contributed by atoms with van der Waals surface area (Å²) in [5.41, 5.74) is 3.18. The van der Waals surface area contributed by atoms with Crippen molar-refractivity contribution in [2.75, 3.05) is 5.32 Å². The molecule has 1 aliphatic carbocycles. The summed E-state index contributed by atoms with van der Waals surface area (Å²) >= 11 is 1.72. The molecule has 1 atom stereocenters. The van der Waals surface area contributed by atoms with Gasteiger partial charge in [-0.05, 0) is 55.4 Å². The minimum absolute atomic E-state index is 0.0323. The molecule has 1 unspecified atom stereocenters. The van der Waals surface area contributed by atoms with E-state index in [9.17, 15) is 4.79 Å². The van der Waals surface area contributed by atoms with E-state index in [4.69, 9.17) is 0 Å². The first-order valence-electron chi connectivity index (χ1n) is 6.96. The standard InChI is InChI=1S/C16H18N2OS/c1-10-3-4-12-13(9-20-14(12)7-10)16(19)18-15-8-11(2)5-6-17-15/h5-6,8-10H,3-4,7H2,1-2H3,(H,17,18,19). The van der Waals surface area contributed by atoms with E-state index in [0.717, 1.165) is 29.9 Å². The number of carbonyl (C=O) groups excluding carboxylic acids is 1. The lowest BCUT2D eigenvalue weighted by Gasteiger charge is -2.18. The number of carbonyl (C=O) groups is 1. The lowest BCUT2D eigenvalue weighted by molar-refractivity contribution is 0.102. The number of thiophene rings is 1. The normalized spacial score (nSPS) is 17.6. The van der Waals surface area contributed by atoms with Gasteiger partial charge in [-0.1, -0.05) is 6.92 Å². The van der Waals surface area contributed by atoms with Gasteiger partial charge in [0.2, 0.25) is 0 Å². The molecule has 2 aromatic rings. The number of pyridine rings is 1. The van der Waals surface area contributed by atoms with Crippen molar-refractivity contribution in [2.24, 2.45) is 5.92 Å². The zero-order valence-corrected chi connectivity index (χ0v) is 12.6. The molecule has 3 rings (SSSR count). The highest BCUT2D eigenvalue weighted by Gasteiger charge is 2.23. The maximum atomic E-state index is 12.4. The topological polar surface area (TPSA) is 42.0 Å². The summed E-state index contributed by atoms with van der Waals surface area (Å²) in [6, 6.07) is 3.81. The van der Waals surface area contributed by atoms with Crippen molar-refractivity contribution < 1.29 is 4.79 Å². The Bertz CT molecular complexity index is 648. The molecule has 2 heterocycles. The van der Waals surface area contributed by atoms with E-state index in [-0.39, 0.29) is 5.91 Å². The third-order valence-corrected chi connectivity index (χ3v) is 4.85. The van der Waals surface area contributed by atoms with Gasteiger partial charge in [0.25, 0.3) is 5.91 Å². The van der Waals surface area contributed by atoms with Crippen LogP contribution in [-0.2, 0) is 12.8 Å². The van der Waals surface area contributed by atoms with Crippen molar-refractivity contribution in [1.29, 1.82) is 0 Å². The van der Waals surface area contributed by atoms with E-state index >= 15 is 0 Å². The summed E-state index contributed by atoms with van der Waals surface area (Å²) < 4.78 is 0. The Balaban J connectivity index is 1.81. The van der Waals surface area contributed by atoms with Gasteiger partial charge in [-0.3, -0.25) is 4.79 Å². The van der Waals surface area contributed by atoms with Crippen LogP contribution in [0.25, 0.3) is 0 Å². The van der Waals surface area contributed by atoms with E-state index in [2.05, 4.69) is 17.2 Å². The van der Waals surface area contributed by atoms with Crippen LogP contribution in [0.4, 0.5) is 5.82 Å². The molecule has 20 heavy (non-hydrogen) atoms. The first kappa shape index (κ1) is 13.3. The molecule has 0 aliphatic heterocycles. The average molecular weight is 286 g/mol. The molecule has 0 aromatic carbocycles. The molecule has 0 spiro atoms. The Morgan fingerprint density at radius 2 is 2.35 bits per heavy atom. The first-order chi connectivity index (χ1) is 9.63. The van der Waals surface area contributed by atoms with Crippen LogP contribution in [0, 0.1) is 12.8 Å². The van der Waals surface area contributed by atoms with Crippen molar-refractivity contribution in [1.82, 2.24) is 4.98 Å². The molecule has 3 nitrogen and oxygen atoms in total. The minimum atomic E-state index is -0.0323. The molecule has 0 saturated carbocycles. The first-order valence-corrected chi connectivity index (χ1v) is 7.84. The highest BCUT2D eigenvalue weighted by molar-refractivity contribution is 7.10. The smallest absolute Gasteiger partial charge is 0.257 e. The second kappa shape index (κ2) is 5.37. The molecular formula is C16H18N2OS. The number of hydrogen-bond donors (Lipinski definition) is 1. The zero-order valence-electron chi connectivity index (χ0n) is 11.8. The van der Waals surface area contributed by atoms with Gasteiger partial charge < -0.3 is 5.32 Å². The maximum absolute atomic E-state index is 12.4. The van der Waals surface area contributed by atoms with Crippen molar-refractivity contribution in [3.63, 3.8) is 0 Å². The van der Waals surface area contributed by atoms with Gasteiger partial charge in [0.15, 0.2) is 0 Å². The molecular weight excluding hydrogens is 268 g/mol. The monoisotopic (exact) mass is 286 g/mol. The fourth-order valence-corrected chi connectivity index (χ4v) is 3.90. The molecule has 0 saturated heterocycles. The largest absolute Gasteiger partial charge is 0.307 e. The van der Waals surface area contributed by atoms with Gasteiger partial charge in [0.1, 0.15) is 5.82 Å². The van der Waals surface area contributed by atoms with Gasteiger partial charge in [-0.25, -0.2) is 4.98 Å². The lowest BCUT2D eigenvalue weighted by atomic mass is 9.88. The highest BCUT2D eigenvalue weighted by atomic mass is 32.1. The summed E-state index contributed by atoms with van der Waals surface area (Å²) in [6.07, 6.45) is 5.02. The molecule has 0 radical (unpaired) electrons. The van der Waals surface area contributed by atoms with E-state index in [1.165, 1.54) is 16.9 Å². The third-order valence-electron chi connectivity index (χ3n) is 3.80. The Hall–Kier alpha value is -1.68. The Labute approximate surface area is 123 Å². The van der Waals surface area contributed by atoms with Gasteiger partial charge in [0, 0.05) is 16.5 Å². The molecule has 0 fully saturated rings. The number of aromatic nitrogens is 1. The molecule has 1 N–H and O–H groups in total. The van der Waals surface area contributed by atoms with Gasteiger partial charge in [-0.15, -0.1) is 11.3 Å². The number of aryl methyl sites for hydroxylation is 1. The van der Waals surface area contributed by atoms with E-state index in [0.29, 0.717) is 5.82 Å². The van der Waals surface area contributed by atoms with Crippen LogP contribution < -0.4 is 5.32 Å². The third kappa shape index (κ3) is 2.61. The zero-order chi connectivity index (χ0) is 14.1. The SMILES string of the molecule is Cc1ccnc(NC(=O)c2csc3c2CCC(C)C3)c1. The van der Waals surface area contributed by atoms with Crippen LogP contribution in [0.5, 0.6) is 0 Å². The fraction of sp³-hybridized carbons (Fsp3) is 0.375. The highest BCUT2D eigenvalue weighted by Crippen LogP contribution is 2.33. The number of hydrogen-bond acceptors (Lipinski definition) is 3. The average Bonchev–Trinajstić information content (AvgIpc) is 2.81. The quantitative estimate of drug-likeness (QED) is 0.911. The molecule has 104 valence electrons. The van der Waals surface area contributed by atoms with Crippen LogP contribution in [0.15, 0.2) is 23.7 Å². The molecule has 1 amide bonds. The predicted molar refractivity (Wildman–Crippen MR) is 82.4 cm³/mol. The second-order valence-electron chi connectivity index (χ2n) is 5.57. The summed E-state index contributed by atoms with van der Waals surface area (Å²) in [6.45, 7) is 4.27. The molecule has 2 aromatic heterocycles. The predicted octanol–water partition coefficient (Wildman–Crippen LogP) is 3.83. The number of anilines is 1. The summed E-state index contributed by atoms with van der Waals surface area (Å²) in [5, 5.41) is 4.90. The van der Waals surface area contributed by atoms with Gasteiger partial charge >= 0.3 is 0 Å². The molecule has 0 bridgehead atoms. The van der Waals surface area contributed by atoms with Crippen molar-refractivity contribution >= 4 is 23.1 Å². The van der Waals surface area contributed by atoms with Crippen LogP contribution in [-0.4, -0.2) is 10.9 Å². The fourth-order valence-electron chi connectivity index (χ4n) is 2.66. The number of rotatable bonds is 2. The minimum Gasteiger partial charge on any atom is -0.307 e. The van der Waals surface area contributed by atoms with Crippen LogP contribution in [0.1, 0.15) is 39.7 Å². The summed E-state index contributed by atoms with van der Waals surface area (Å²) in [7, 11) is 0. The van der Waals surface area contributed by atoms with Crippen LogP contribution >= 0.6 is 11.3 Å². The Morgan fingerprint density at radius 1 is 1.50 bits per heavy atom. The van der Waals surface area contributed by atoms with Crippen molar-refractivity contribution in [3.05, 3.63) is 45.3 Å². The number of nitrogens with one attached hydrogen (secondary N) is 1. The second-order valence-corrected chi connectivity index (χ2v) is 6.54. The van der Waals surface area contributed by atoms with Crippen LogP contribution in [0.2, 0.25) is 0 Å². The van der Waals surface area contributed by atoms with E-state index in [1.807, 2.05) is 24.4 Å². The van der Waals surface area contributed by atoms with Crippen molar-refractivity contribution in [3.8, 4) is 0 Å². The molecule has 4 heteroatoms. The van der Waals surface area contributed by atoms with Crippen molar-refractivity contribution in [2.45, 2.75) is 33.1 Å². The number of amides is 1. The lowest BCUT2D eigenvalue weighted by Crippen LogP contribution is -2.17. The summed E-state index contributed by atoms with van der Waals surface area (Å²) in [4.78, 5) is 18.0. The summed E-state index contributed by atoms with van der Waals surface area (Å²) in [5.74, 6) is 1.32. The number of fused-ring (bicyclic) bond motifs is 1. The van der Waals surface area contributed by atoms with Gasteiger partial charge in [0.05, 0.1) is 5.56 Å². The Morgan fingerprint density at radius 3 is 3.15 bits per heavy atom. The maximum Gasteiger partial charge on any atom is 0.257 e. The van der Waals surface area contributed by atoms with Gasteiger partial charge in [-0.2, -0.15) is 0 Å². The van der Waals surface area contributed by atoms with E-state index in [1.54, 1.807) is 17.5 Å². The van der Waals surface area contributed by atoms with Crippen LogP contribution in [0.3, 0.4) is 0 Å².